The monoisotopic (exact) mass is 409 g/mol. The zero-order chi connectivity index (χ0) is 20.9. The maximum Gasteiger partial charge on any atom is 0.323 e. The minimum Gasteiger partial charge on any atom is -0.494 e. The fourth-order valence-corrected chi connectivity index (χ4v) is 4.30. The summed E-state index contributed by atoms with van der Waals surface area (Å²) in [5.41, 5.74) is 7.47. The van der Waals surface area contributed by atoms with Gasteiger partial charge in [0.1, 0.15) is 11.6 Å². The number of primary amides is 1. The maximum absolute atomic E-state index is 12.9. The van der Waals surface area contributed by atoms with Crippen LogP contribution < -0.4 is 10.5 Å². The number of hydrogen-bond acceptors (Lipinski definition) is 3. The van der Waals surface area contributed by atoms with Gasteiger partial charge in [-0.05, 0) is 74.7 Å². The number of ether oxygens (including phenoxy) is 1. The Kier molecular flexibility index (Phi) is 6.33. The van der Waals surface area contributed by atoms with Crippen LogP contribution in [-0.4, -0.2) is 41.7 Å². The van der Waals surface area contributed by atoms with E-state index in [-0.39, 0.29) is 5.82 Å². The number of likely N-dealkylation sites (tertiary alicyclic amines) is 1. The standard InChI is InChI=1S/C24H28FN3O2/c25-20-5-7-22(8-6-20)30-16-12-18-9-13-27(14-10-18)15-11-21-17-19-3-1-2-4-23(19)28(21)24(26)29/h1-8,17-18H,9-16H2,(H2,26,29). The number of piperidine rings is 1. The molecule has 1 aliphatic heterocycles. The number of carbonyl (C=O) groups excluding carboxylic acids is 1. The number of benzene rings is 2. The molecule has 5 nitrogen and oxygen atoms in total. The minimum absolute atomic E-state index is 0.245. The maximum atomic E-state index is 12.9. The molecule has 30 heavy (non-hydrogen) atoms. The van der Waals surface area contributed by atoms with E-state index in [1.165, 1.54) is 12.1 Å². The highest BCUT2D eigenvalue weighted by Crippen LogP contribution is 2.23. The van der Waals surface area contributed by atoms with Crippen molar-refractivity contribution in [2.75, 3.05) is 26.2 Å². The molecule has 1 saturated heterocycles. The summed E-state index contributed by atoms with van der Waals surface area (Å²) in [6.07, 6.45) is 4.11. The van der Waals surface area contributed by atoms with Crippen molar-refractivity contribution in [2.45, 2.75) is 25.7 Å². The first-order valence-electron chi connectivity index (χ1n) is 10.6. The predicted octanol–water partition coefficient (Wildman–Crippen LogP) is 4.43. The largest absolute Gasteiger partial charge is 0.494 e. The quantitative estimate of drug-likeness (QED) is 0.628. The number of halogens is 1. The van der Waals surface area contributed by atoms with Crippen LogP contribution in [0, 0.1) is 11.7 Å². The number of rotatable bonds is 7. The zero-order valence-corrected chi connectivity index (χ0v) is 17.1. The van der Waals surface area contributed by atoms with Crippen molar-refractivity contribution in [3.05, 3.63) is 66.1 Å². The Morgan fingerprint density at radius 1 is 1.10 bits per heavy atom. The number of nitrogens with zero attached hydrogens (tertiary/aromatic N) is 2. The lowest BCUT2D eigenvalue weighted by molar-refractivity contribution is 0.164. The minimum atomic E-state index is -0.425. The fourth-order valence-electron chi connectivity index (χ4n) is 4.30. The van der Waals surface area contributed by atoms with E-state index in [2.05, 4.69) is 11.0 Å². The van der Waals surface area contributed by atoms with Crippen LogP contribution >= 0.6 is 0 Å². The highest BCUT2D eigenvalue weighted by atomic mass is 19.1. The van der Waals surface area contributed by atoms with Gasteiger partial charge in [-0.1, -0.05) is 18.2 Å². The van der Waals surface area contributed by atoms with Gasteiger partial charge in [-0.3, -0.25) is 4.57 Å². The number of hydrogen-bond donors (Lipinski definition) is 1. The fraction of sp³-hybridized carbons (Fsp3) is 0.375. The van der Waals surface area contributed by atoms with Crippen LogP contribution in [0.15, 0.2) is 54.6 Å². The lowest BCUT2D eigenvalue weighted by Gasteiger charge is -2.32. The van der Waals surface area contributed by atoms with Crippen molar-refractivity contribution in [1.29, 1.82) is 0 Å². The molecule has 0 spiro atoms. The third-order valence-corrected chi connectivity index (χ3v) is 6.01. The van der Waals surface area contributed by atoms with Gasteiger partial charge in [0.2, 0.25) is 0 Å². The SMILES string of the molecule is NC(=O)n1c(CCN2CCC(CCOc3ccc(F)cc3)CC2)cc2ccccc21. The highest BCUT2D eigenvalue weighted by Gasteiger charge is 2.20. The van der Waals surface area contributed by atoms with Crippen molar-refractivity contribution < 1.29 is 13.9 Å². The topological polar surface area (TPSA) is 60.5 Å². The second kappa shape index (κ2) is 9.30. The molecule has 2 N–H and O–H groups in total. The van der Waals surface area contributed by atoms with Crippen molar-refractivity contribution in [3.8, 4) is 5.75 Å². The van der Waals surface area contributed by atoms with Gasteiger partial charge in [-0.2, -0.15) is 0 Å². The molecule has 0 saturated carbocycles. The summed E-state index contributed by atoms with van der Waals surface area (Å²) >= 11 is 0. The predicted molar refractivity (Wildman–Crippen MR) is 116 cm³/mol. The van der Waals surface area contributed by atoms with Crippen molar-refractivity contribution in [2.24, 2.45) is 11.7 Å². The molecule has 1 aliphatic rings. The van der Waals surface area contributed by atoms with Crippen LogP contribution in [0.5, 0.6) is 5.75 Å². The lowest BCUT2D eigenvalue weighted by atomic mass is 9.94. The van der Waals surface area contributed by atoms with Crippen LogP contribution in [0.4, 0.5) is 9.18 Å². The summed E-state index contributed by atoms with van der Waals surface area (Å²) in [4.78, 5) is 14.4. The van der Waals surface area contributed by atoms with E-state index in [9.17, 15) is 9.18 Å². The first kappa shape index (κ1) is 20.4. The van der Waals surface area contributed by atoms with Gasteiger partial charge in [0.15, 0.2) is 0 Å². The van der Waals surface area contributed by atoms with Crippen molar-refractivity contribution in [1.82, 2.24) is 9.47 Å². The Hall–Kier alpha value is -2.86. The van der Waals surface area contributed by atoms with Crippen molar-refractivity contribution >= 4 is 16.9 Å². The molecule has 1 aromatic heterocycles. The number of aromatic nitrogens is 1. The van der Waals surface area contributed by atoms with Crippen LogP contribution in [0.25, 0.3) is 10.9 Å². The van der Waals surface area contributed by atoms with Crippen LogP contribution in [-0.2, 0) is 6.42 Å². The third-order valence-electron chi connectivity index (χ3n) is 6.01. The molecule has 0 bridgehead atoms. The smallest absolute Gasteiger partial charge is 0.323 e. The van der Waals surface area contributed by atoms with Gasteiger partial charge < -0.3 is 15.4 Å². The normalized spacial score (nSPS) is 15.5. The van der Waals surface area contributed by atoms with Gasteiger partial charge in [-0.25, -0.2) is 9.18 Å². The summed E-state index contributed by atoms with van der Waals surface area (Å²) in [6.45, 7) is 3.69. The summed E-state index contributed by atoms with van der Waals surface area (Å²) in [5, 5.41) is 1.05. The average molecular weight is 410 g/mol. The van der Waals surface area contributed by atoms with E-state index in [1.54, 1.807) is 16.7 Å². The zero-order valence-electron chi connectivity index (χ0n) is 17.1. The molecular weight excluding hydrogens is 381 g/mol. The molecule has 0 unspecified atom stereocenters. The first-order chi connectivity index (χ1) is 14.6. The van der Waals surface area contributed by atoms with Crippen LogP contribution in [0.1, 0.15) is 25.0 Å². The number of para-hydroxylation sites is 1. The molecule has 2 heterocycles. The summed E-state index contributed by atoms with van der Waals surface area (Å²) < 4.78 is 20.3. The summed E-state index contributed by atoms with van der Waals surface area (Å²) in [7, 11) is 0. The second-order valence-corrected chi connectivity index (χ2v) is 7.99. The second-order valence-electron chi connectivity index (χ2n) is 7.99. The first-order valence-corrected chi connectivity index (χ1v) is 10.6. The Balaban J connectivity index is 1.23. The van der Waals surface area contributed by atoms with E-state index in [0.29, 0.717) is 12.5 Å². The summed E-state index contributed by atoms with van der Waals surface area (Å²) in [5.74, 6) is 1.13. The van der Waals surface area contributed by atoms with E-state index in [0.717, 1.165) is 67.7 Å². The molecule has 1 fully saturated rings. The molecule has 0 aliphatic carbocycles. The third kappa shape index (κ3) is 4.82. The van der Waals surface area contributed by atoms with Crippen LogP contribution in [0.2, 0.25) is 0 Å². The number of carbonyl (C=O) groups is 1. The van der Waals surface area contributed by atoms with Crippen molar-refractivity contribution in [3.63, 3.8) is 0 Å². The van der Waals surface area contributed by atoms with E-state index < -0.39 is 6.03 Å². The number of fused-ring (bicyclic) bond motifs is 1. The van der Waals surface area contributed by atoms with Gasteiger partial charge in [-0.15, -0.1) is 0 Å². The van der Waals surface area contributed by atoms with E-state index in [4.69, 9.17) is 10.5 Å². The number of amides is 1. The Morgan fingerprint density at radius 3 is 2.57 bits per heavy atom. The van der Waals surface area contributed by atoms with Gasteiger partial charge in [0.05, 0.1) is 12.1 Å². The van der Waals surface area contributed by atoms with Gasteiger partial charge in [0, 0.05) is 24.0 Å². The molecule has 4 rings (SSSR count). The average Bonchev–Trinajstić information content (AvgIpc) is 3.13. The molecule has 1 amide bonds. The molecule has 0 radical (unpaired) electrons. The van der Waals surface area contributed by atoms with Crippen LogP contribution in [0.3, 0.4) is 0 Å². The Labute approximate surface area is 176 Å². The van der Waals surface area contributed by atoms with Gasteiger partial charge in [0.25, 0.3) is 0 Å². The molecule has 6 heteroatoms. The van der Waals surface area contributed by atoms with Gasteiger partial charge >= 0.3 is 6.03 Å². The summed E-state index contributed by atoms with van der Waals surface area (Å²) in [6, 6.07) is 15.7. The Morgan fingerprint density at radius 2 is 1.83 bits per heavy atom. The molecular formula is C24H28FN3O2. The lowest BCUT2D eigenvalue weighted by Crippen LogP contribution is -2.36. The molecule has 2 aromatic carbocycles. The number of nitrogens with two attached hydrogens (primary N) is 1. The Bertz CT molecular complexity index is 991. The highest BCUT2D eigenvalue weighted by molar-refractivity contribution is 5.92. The van der Waals surface area contributed by atoms with E-state index in [1.807, 2.05) is 24.3 Å². The molecule has 158 valence electrons. The van der Waals surface area contributed by atoms with E-state index >= 15 is 0 Å². The molecule has 0 atom stereocenters. The molecule has 3 aromatic rings.